The zero-order chi connectivity index (χ0) is 13.8. The largest absolute Gasteiger partial charge is 0.328 e. The topological polar surface area (TPSA) is 71.2 Å². The number of likely N-dealkylation sites (tertiary alicyclic amines) is 1. The summed E-state index contributed by atoms with van der Waals surface area (Å²) in [7, 11) is 0. The van der Waals surface area contributed by atoms with E-state index in [4.69, 9.17) is 5.73 Å². The van der Waals surface area contributed by atoms with Gasteiger partial charge in [0, 0.05) is 29.8 Å². The Kier molecular flexibility index (Phi) is 4.90. The van der Waals surface area contributed by atoms with Gasteiger partial charge < -0.3 is 11.1 Å². The van der Waals surface area contributed by atoms with Crippen LogP contribution in [-0.2, 0) is 4.79 Å². The number of aromatic nitrogens is 1. The van der Waals surface area contributed by atoms with Gasteiger partial charge in [-0.2, -0.15) is 0 Å². The molecule has 2 heterocycles. The van der Waals surface area contributed by atoms with E-state index >= 15 is 0 Å². The van der Waals surface area contributed by atoms with Gasteiger partial charge in [-0.05, 0) is 47.3 Å². The fourth-order valence-corrected chi connectivity index (χ4v) is 2.32. The molecule has 0 spiro atoms. The van der Waals surface area contributed by atoms with Crippen molar-refractivity contribution in [2.24, 2.45) is 5.73 Å². The summed E-state index contributed by atoms with van der Waals surface area (Å²) in [6.45, 7) is 4.15. The van der Waals surface area contributed by atoms with E-state index < -0.39 is 0 Å². The van der Waals surface area contributed by atoms with Crippen LogP contribution in [0.2, 0.25) is 0 Å². The number of pyridine rings is 1. The summed E-state index contributed by atoms with van der Waals surface area (Å²) in [6, 6.07) is 2.14. The number of aryl methyl sites for hydroxylation is 1. The lowest BCUT2D eigenvalue weighted by Crippen LogP contribution is -2.43. The zero-order valence-electron chi connectivity index (χ0n) is 11.0. The van der Waals surface area contributed by atoms with Gasteiger partial charge in [-0.1, -0.05) is 0 Å². The van der Waals surface area contributed by atoms with Gasteiger partial charge in [-0.15, -0.1) is 0 Å². The summed E-state index contributed by atoms with van der Waals surface area (Å²) in [4.78, 5) is 18.2. The number of nitrogens with zero attached hydrogens (tertiary/aromatic N) is 2. The third-order valence-electron chi connectivity index (χ3n) is 3.31. The number of nitrogens with one attached hydrogen (secondary N) is 1. The standard InChI is InChI=1S/C13H19BrN4O/c1-9-6-12(16-7-11(9)14)17-13(19)8-18-4-2-10(15)3-5-18/h6-7,10H,2-5,8,15H2,1H3,(H,16,17,19). The van der Waals surface area contributed by atoms with E-state index in [2.05, 4.69) is 31.1 Å². The molecule has 1 aromatic heterocycles. The first-order chi connectivity index (χ1) is 9.04. The lowest BCUT2D eigenvalue weighted by molar-refractivity contribution is -0.117. The van der Waals surface area contributed by atoms with Crippen LogP contribution in [0.1, 0.15) is 18.4 Å². The van der Waals surface area contributed by atoms with Crippen molar-refractivity contribution in [2.45, 2.75) is 25.8 Å². The first-order valence-corrected chi connectivity index (χ1v) is 7.24. The summed E-state index contributed by atoms with van der Waals surface area (Å²) < 4.78 is 0.940. The molecule has 104 valence electrons. The lowest BCUT2D eigenvalue weighted by Gasteiger charge is -2.29. The Hall–Kier alpha value is -0.980. The monoisotopic (exact) mass is 326 g/mol. The van der Waals surface area contributed by atoms with E-state index in [-0.39, 0.29) is 11.9 Å². The van der Waals surface area contributed by atoms with E-state index in [0.29, 0.717) is 12.4 Å². The van der Waals surface area contributed by atoms with Gasteiger partial charge >= 0.3 is 0 Å². The highest BCUT2D eigenvalue weighted by molar-refractivity contribution is 9.10. The molecule has 1 saturated heterocycles. The van der Waals surface area contributed by atoms with Crippen molar-refractivity contribution in [1.29, 1.82) is 0 Å². The number of carbonyl (C=O) groups excluding carboxylic acids is 1. The zero-order valence-corrected chi connectivity index (χ0v) is 12.6. The summed E-state index contributed by atoms with van der Waals surface area (Å²) >= 11 is 3.39. The Morgan fingerprint density at radius 2 is 2.26 bits per heavy atom. The molecule has 19 heavy (non-hydrogen) atoms. The molecule has 3 N–H and O–H groups in total. The van der Waals surface area contributed by atoms with Crippen molar-refractivity contribution in [2.75, 3.05) is 25.0 Å². The fourth-order valence-electron chi connectivity index (χ4n) is 2.10. The second kappa shape index (κ2) is 6.45. The smallest absolute Gasteiger partial charge is 0.239 e. The van der Waals surface area contributed by atoms with E-state index in [1.54, 1.807) is 6.20 Å². The molecule has 1 fully saturated rings. The van der Waals surface area contributed by atoms with Crippen molar-refractivity contribution < 1.29 is 4.79 Å². The van der Waals surface area contributed by atoms with Crippen molar-refractivity contribution in [1.82, 2.24) is 9.88 Å². The number of anilines is 1. The molecule has 0 radical (unpaired) electrons. The van der Waals surface area contributed by atoms with E-state index in [9.17, 15) is 4.79 Å². The van der Waals surface area contributed by atoms with E-state index in [1.165, 1.54) is 0 Å². The number of halogens is 1. The van der Waals surface area contributed by atoms with Crippen LogP contribution in [0.15, 0.2) is 16.7 Å². The van der Waals surface area contributed by atoms with Crippen LogP contribution in [-0.4, -0.2) is 41.5 Å². The Labute approximate surface area is 121 Å². The number of carbonyl (C=O) groups is 1. The van der Waals surface area contributed by atoms with Crippen LogP contribution in [0, 0.1) is 6.92 Å². The Bertz CT molecular complexity index is 458. The van der Waals surface area contributed by atoms with E-state index in [1.807, 2.05) is 13.0 Å². The quantitative estimate of drug-likeness (QED) is 0.883. The fraction of sp³-hybridized carbons (Fsp3) is 0.538. The van der Waals surface area contributed by atoms with Gasteiger partial charge in [0.2, 0.25) is 5.91 Å². The number of hydrogen-bond donors (Lipinski definition) is 2. The number of rotatable bonds is 3. The van der Waals surface area contributed by atoms with Crippen LogP contribution in [0.3, 0.4) is 0 Å². The summed E-state index contributed by atoms with van der Waals surface area (Å²) in [5.74, 6) is 0.573. The summed E-state index contributed by atoms with van der Waals surface area (Å²) in [6.07, 6.45) is 3.62. The minimum Gasteiger partial charge on any atom is -0.328 e. The predicted octanol–water partition coefficient (Wildman–Crippen LogP) is 1.51. The summed E-state index contributed by atoms with van der Waals surface area (Å²) in [5.41, 5.74) is 6.89. The van der Waals surface area contributed by atoms with Crippen LogP contribution in [0.4, 0.5) is 5.82 Å². The van der Waals surface area contributed by atoms with Crippen molar-refractivity contribution >= 4 is 27.7 Å². The SMILES string of the molecule is Cc1cc(NC(=O)CN2CCC(N)CC2)ncc1Br. The normalized spacial score (nSPS) is 17.4. The van der Waals surface area contributed by atoms with Crippen LogP contribution in [0.25, 0.3) is 0 Å². The maximum Gasteiger partial charge on any atom is 0.239 e. The summed E-state index contributed by atoms with van der Waals surface area (Å²) in [5, 5.41) is 2.82. The Morgan fingerprint density at radius 3 is 2.89 bits per heavy atom. The van der Waals surface area contributed by atoms with Crippen molar-refractivity contribution in [3.63, 3.8) is 0 Å². The minimum absolute atomic E-state index is 0.0234. The molecular formula is C13H19BrN4O. The third-order valence-corrected chi connectivity index (χ3v) is 4.14. The molecule has 0 aliphatic carbocycles. The highest BCUT2D eigenvalue weighted by Gasteiger charge is 2.18. The van der Waals surface area contributed by atoms with Crippen molar-refractivity contribution in [3.8, 4) is 0 Å². The highest BCUT2D eigenvalue weighted by Crippen LogP contribution is 2.17. The average Bonchev–Trinajstić information content (AvgIpc) is 2.37. The van der Waals surface area contributed by atoms with Crippen molar-refractivity contribution in [3.05, 3.63) is 22.3 Å². The Morgan fingerprint density at radius 1 is 1.58 bits per heavy atom. The molecule has 2 rings (SSSR count). The molecule has 1 aliphatic heterocycles. The van der Waals surface area contributed by atoms with Gasteiger partial charge in [0.1, 0.15) is 5.82 Å². The number of nitrogens with two attached hydrogens (primary N) is 1. The molecule has 0 bridgehead atoms. The molecular weight excluding hydrogens is 308 g/mol. The van der Waals surface area contributed by atoms with Crippen LogP contribution >= 0.6 is 15.9 Å². The first kappa shape index (κ1) is 14.4. The van der Waals surface area contributed by atoms with Gasteiger partial charge in [-0.3, -0.25) is 9.69 Å². The molecule has 0 atom stereocenters. The Balaban J connectivity index is 1.85. The third kappa shape index (κ3) is 4.26. The number of piperidine rings is 1. The molecule has 1 amide bonds. The molecule has 0 aromatic carbocycles. The second-order valence-electron chi connectivity index (χ2n) is 4.98. The number of hydrogen-bond acceptors (Lipinski definition) is 4. The molecule has 5 nitrogen and oxygen atoms in total. The maximum absolute atomic E-state index is 11.9. The molecule has 1 aromatic rings. The maximum atomic E-state index is 11.9. The highest BCUT2D eigenvalue weighted by atomic mass is 79.9. The number of amides is 1. The lowest BCUT2D eigenvalue weighted by atomic mass is 10.1. The minimum atomic E-state index is -0.0234. The van der Waals surface area contributed by atoms with Gasteiger partial charge in [0.05, 0.1) is 6.54 Å². The van der Waals surface area contributed by atoms with Gasteiger partial charge in [0.15, 0.2) is 0 Å². The first-order valence-electron chi connectivity index (χ1n) is 6.44. The predicted molar refractivity (Wildman–Crippen MR) is 79.0 cm³/mol. The van der Waals surface area contributed by atoms with E-state index in [0.717, 1.165) is 36.0 Å². The molecule has 0 saturated carbocycles. The van der Waals surface area contributed by atoms with Gasteiger partial charge in [0.25, 0.3) is 0 Å². The average molecular weight is 327 g/mol. The molecule has 1 aliphatic rings. The van der Waals surface area contributed by atoms with Crippen LogP contribution < -0.4 is 11.1 Å². The molecule has 0 unspecified atom stereocenters. The van der Waals surface area contributed by atoms with Gasteiger partial charge in [-0.25, -0.2) is 4.98 Å². The molecule has 6 heteroatoms. The second-order valence-corrected chi connectivity index (χ2v) is 5.83. The van der Waals surface area contributed by atoms with Crippen LogP contribution in [0.5, 0.6) is 0 Å².